The number of rotatable bonds is 7. The van der Waals surface area contributed by atoms with E-state index in [4.69, 9.17) is 16.3 Å². The molecule has 1 heterocycles. The summed E-state index contributed by atoms with van der Waals surface area (Å²) in [4.78, 5) is 29.2. The van der Waals surface area contributed by atoms with Crippen LogP contribution in [-0.2, 0) is 11.3 Å². The molecule has 148 valence electrons. The number of nitrogens with one attached hydrogen (secondary N) is 2. The molecule has 3 aromatic rings. The van der Waals surface area contributed by atoms with Crippen molar-refractivity contribution in [2.24, 2.45) is 0 Å². The molecule has 1 aromatic heterocycles. The van der Waals surface area contributed by atoms with Crippen molar-refractivity contribution in [1.29, 1.82) is 0 Å². The van der Waals surface area contributed by atoms with E-state index in [-0.39, 0.29) is 11.8 Å². The Hall–Kier alpha value is -3.38. The van der Waals surface area contributed by atoms with Gasteiger partial charge in [0, 0.05) is 24.0 Å². The number of hydrogen-bond donors (Lipinski definition) is 2. The Bertz CT molecular complexity index is 995. The molecule has 0 saturated carbocycles. The van der Waals surface area contributed by atoms with E-state index in [1.165, 1.54) is 0 Å². The van der Waals surface area contributed by atoms with Crippen molar-refractivity contribution in [3.05, 3.63) is 89.2 Å². The van der Waals surface area contributed by atoms with E-state index in [0.29, 0.717) is 28.6 Å². The molecule has 0 fully saturated rings. The predicted molar refractivity (Wildman–Crippen MR) is 112 cm³/mol. The summed E-state index contributed by atoms with van der Waals surface area (Å²) in [7, 11) is 0. The third kappa shape index (κ3) is 5.80. The maximum absolute atomic E-state index is 12.6. The SMILES string of the molecule is CC(Oc1cccc(Cl)c1)C(=O)Nc1ccccc1C(=O)NCc1cccnc1. The Balaban J connectivity index is 1.64. The van der Waals surface area contributed by atoms with E-state index in [0.717, 1.165) is 5.56 Å². The van der Waals surface area contributed by atoms with Gasteiger partial charge in [0.2, 0.25) is 0 Å². The van der Waals surface area contributed by atoms with Gasteiger partial charge in [-0.15, -0.1) is 0 Å². The quantitative estimate of drug-likeness (QED) is 0.616. The van der Waals surface area contributed by atoms with Gasteiger partial charge in [0.1, 0.15) is 5.75 Å². The molecule has 1 unspecified atom stereocenters. The van der Waals surface area contributed by atoms with Crippen molar-refractivity contribution in [2.45, 2.75) is 19.6 Å². The molecule has 0 spiro atoms. The van der Waals surface area contributed by atoms with Crippen LogP contribution in [0.3, 0.4) is 0 Å². The van der Waals surface area contributed by atoms with Gasteiger partial charge in [-0.05, 0) is 48.9 Å². The lowest BCUT2D eigenvalue weighted by Gasteiger charge is -2.16. The third-order valence-corrected chi connectivity index (χ3v) is 4.32. The highest BCUT2D eigenvalue weighted by Gasteiger charge is 2.18. The summed E-state index contributed by atoms with van der Waals surface area (Å²) >= 11 is 5.94. The standard InChI is InChI=1S/C22H20ClN3O3/c1-15(29-18-8-4-7-17(23)12-18)21(27)26-20-10-3-2-9-19(20)22(28)25-14-16-6-5-11-24-13-16/h2-13,15H,14H2,1H3,(H,25,28)(H,26,27). The molecule has 0 saturated heterocycles. The predicted octanol–water partition coefficient (Wildman–Crippen LogP) is 4.07. The average molecular weight is 410 g/mol. The number of carbonyl (C=O) groups is 2. The molecule has 29 heavy (non-hydrogen) atoms. The second kappa shape index (κ2) is 9.71. The summed E-state index contributed by atoms with van der Waals surface area (Å²) in [6.07, 6.45) is 2.57. The van der Waals surface area contributed by atoms with Crippen molar-refractivity contribution < 1.29 is 14.3 Å². The van der Waals surface area contributed by atoms with Crippen LogP contribution in [0.2, 0.25) is 5.02 Å². The number of aromatic nitrogens is 1. The molecule has 7 heteroatoms. The first-order valence-corrected chi connectivity index (χ1v) is 9.40. The van der Waals surface area contributed by atoms with Crippen LogP contribution in [-0.4, -0.2) is 22.9 Å². The van der Waals surface area contributed by atoms with Gasteiger partial charge in [-0.1, -0.05) is 35.9 Å². The third-order valence-electron chi connectivity index (χ3n) is 4.08. The highest BCUT2D eigenvalue weighted by molar-refractivity contribution is 6.30. The molecule has 0 aliphatic rings. The Morgan fingerprint density at radius 2 is 1.93 bits per heavy atom. The lowest BCUT2D eigenvalue weighted by Crippen LogP contribution is -2.31. The molecule has 0 bridgehead atoms. The van der Waals surface area contributed by atoms with Crippen molar-refractivity contribution in [3.63, 3.8) is 0 Å². The van der Waals surface area contributed by atoms with Gasteiger partial charge in [-0.2, -0.15) is 0 Å². The van der Waals surface area contributed by atoms with Crippen LogP contribution >= 0.6 is 11.6 Å². The highest BCUT2D eigenvalue weighted by Crippen LogP contribution is 2.20. The van der Waals surface area contributed by atoms with Crippen LogP contribution in [0, 0.1) is 0 Å². The molecule has 1 atom stereocenters. The molecular weight excluding hydrogens is 390 g/mol. The van der Waals surface area contributed by atoms with E-state index < -0.39 is 6.10 Å². The number of amides is 2. The lowest BCUT2D eigenvalue weighted by molar-refractivity contribution is -0.122. The number of halogens is 1. The smallest absolute Gasteiger partial charge is 0.265 e. The Morgan fingerprint density at radius 1 is 1.10 bits per heavy atom. The van der Waals surface area contributed by atoms with E-state index in [1.54, 1.807) is 73.9 Å². The van der Waals surface area contributed by atoms with Crippen LogP contribution in [0.15, 0.2) is 73.1 Å². The van der Waals surface area contributed by atoms with Gasteiger partial charge < -0.3 is 15.4 Å². The number of benzene rings is 2. The lowest BCUT2D eigenvalue weighted by atomic mass is 10.1. The first-order chi connectivity index (χ1) is 14.0. The second-order valence-electron chi connectivity index (χ2n) is 6.30. The minimum atomic E-state index is -0.778. The maximum atomic E-state index is 12.6. The molecule has 0 aliphatic carbocycles. The molecule has 0 aliphatic heterocycles. The largest absolute Gasteiger partial charge is 0.481 e. The summed E-state index contributed by atoms with van der Waals surface area (Å²) in [5, 5.41) is 6.10. The topological polar surface area (TPSA) is 80.3 Å². The van der Waals surface area contributed by atoms with Crippen LogP contribution in [0.1, 0.15) is 22.8 Å². The van der Waals surface area contributed by atoms with Gasteiger partial charge in [-0.3, -0.25) is 14.6 Å². The number of carbonyl (C=O) groups excluding carboxylic acids is 2. The molecule has 2 amide bonds. The van der Waals surface area contributed by atoms with E-state index in [9.17, 15) is 9.59 Å². The van der Waals surface area contributed by atoms with Gasteiger partial charge in [0.15, 0.2) is 6.10 Å². The normalized spacial score (nSPS) is 11.4. The molecule has 3 rings (SSSR count). The monoisotopic (exact) mass is 409 g/mol. The number of hydrogen-bond acceptors (Lipinski definition) is 4. The summed E-state index contributed by atoms with van der Waals surface area (Å²) in [5.74, 6) is -0.187. The summed E-state index contributed by atoms with van der Waals surface area (Å²) in [6.45, 7) is 1.96. The minimum Gasteiger partial charge on any atom is -0.481 e. The van der Waals surface area contributed by atoms with Crippen molar-refractivity contribution in [1.82, 2.24) is 10.3 Å². The maximum Gasteiger partial charge on any atom is 0.265 e. The number of ether oxygens (including phenoxy) is 1. The molecule has 2 aromatic carbocycles. The summed E-state index contributed by atoms with van der Waals surface area (Å²) in [5.41, 5.74) is 1.65. The molecule has 6 nitrogen and oxygen atoms in total. The number of pyridine rings is 1. The second-order valence-corrected chi connectivity index (χ2v) is 6.73. The molecule has 0 radical (unpaired) electrons. The summed E-state index contributed by atoms with van der Waals surface area (Å²) in [6, 6.07) is 17.3. The van der Waals surface area contributed by atoms with Gasteiger partial charge in [0.25, 0.3) is 11.8 Å². The van der Waals surface area contributed by atoms with Gasteiger partial charge >= 0.3 is 0 Å². The average Bonchev–Trinajstić information content (AvgIpc) is 2.73. The van der Waals surface area contributed by atoms with E-state index in [2.05, 4.69) is 15.6 Å². The van der Waals surface area contributed by atoms with E-state index in [1.807, 2.05) is 6.07 Å². The van der Waals surface area contributed by atoms with Crippen LogP contribution in [0.4, 0.5) is 5.69 Å². The van der Waals surface area contributed by atoms with Crippen molar-refractivity contribution in [2.75, 3.05) is 5.32 Å². The number of anilines is 1. The molecule has 2 N–H and O–H groups in total. The highest BCUT2D eigenvalue weighted by atomic mass is 35.5. The van der Waals surface area contributed by atoms with Crippen molar-refractivity contribution >= 4 is 29.1 Å². The fourth-order valence-corrected chi connectivity index (χ4v) is 2.78. The van der Waals surface area contributed by atoms with Crippen molar-refractivity contribution in [3.8, 4) is 5.75 Å². The van der Waals surface area contributed by atoms with Gasteiger partial charge in [0.05, 0.1) is 11.3 Å². The van der Waals surface area contributed by atoms with Crippen LogP contribution < -0.4 is 15.4 Å². The molecular formula is C22H20ClN3O3. The first kappa shape index (κ1) is 20.4. The van der Waals surface area contributed by atoms with E-state index >= 15 is 0 Å². The zero-order valence-electron chi connectivity index (χ0n) is 15.8. The fraction of sp³-hybridized carbons (Fsp3) is 0.136. The van der Waals surface area contributed by atoms with Crippen LogP contribution in [0.5, 0.6) is 5.75 Å². The zero-order valence-corrected chi connectivity index (χ0v) is 16.5. The van der Waals surface area contributed by atoms with Crippen LogP contribution in [0.25, 0.3) is 0 Å². The zero-order chi connectivity index (χ0) is 20.6. The first-order valence-electron chi connectivity index (χ1n) is 9.02. The summed E-state index contributed by atoms with van der Waals surface area (Å²) < 4.78 is 5.63. The number of para-hydroxylation sites is 1. The number of nitrogens with zero attached hydrogens (tertiary/aromatic N) is 1. The fourth-order valence-electron chi connectivity index (χ4n) is 2.60. The Labute approximate surface area is 173 Å². The van der Waals surface area contributed by atoms with Gasteiger partial charge in [-0.25, -0.2) is 0 Å². The Kier molecular flexibility index (Phi) is 6.81. The Morgan fingerprint density at radius 3 is 2.69 bits per heavy atom. The minimum absolute atomic E-state index is 0.298.